The SMILES string of the molecule is COC(=O)c1ccc(NC(=O)c2cc(NCCC3=CCCCC3)ccn2)cc1. The van der Waals surface area contributed by atoms with Crippen LogP contribution in [-0.4, -0.2) is 30.5 Å². The molecule has 2 N–H and O–H groups in total. The zero-order chi connectivity index (χ0) is 19.8. The summed E-state index contributed by atoms with van der Waals surface area (Å²) in [5, 5.41) is 6.15. The molecular formula is C22H25N3O3. The van der Waals surface area contributed by atoms with Gasteiger partial charge in [0.15, 0.2) is 0 Å². The van der Waals surface area contributed by atoms with Crippen molar-refractivity contribution in [2.75, 3.05) is 24.3 Å². The van der Waals surface area contributed by atoms with E-state index in [9.17, 15) is 9.59 Å². The number of carbonyl (C=O) groups is 2. The largest absolute Gasteiger partial charge is 0.465 e. The van der Waals surface area contributed by atoms with Gasteiger partial charge >= 0.3 is 5.97 Å². The van der Waals surface area contributed by atoms with Crippen molar-refractivity contribution < 1.29 is 14.3 Å². The molecule has 0 unspecified atom stereocenters. The van der Waals surface area contributed by atoms with E-state index in [1.54, 1.807) is 36.5 Å². The van der Waals surface area contributed by atoms with Crippen molar-refractivity contribution in [1.82, 2.24) is 4.98 Å². The summed E-state index contributed by atoms with van der Waals surface area (Å²) in [7, 11) is 1.33. The summed E-state index contributed by atoms with van der Waals surface area (Å²) in [5.74, 6) is -0.716. The number of allylic oxidation sites excluding steroid dienone is 1. The molecule has 2 aromatic rings. The molecule has 1 aliphatic rings. The van der Waals surface area contributed by atoms with E-state index >= 15 is 0 Å². The summed E-state index contributed by atoms with van der Waals surface area (Å²) in [6.07, 6.45) is 9.96. The van der Waals surface area contributed by atoms with Gasteiger partial charge in [0.25, 0.3) is 5.91 Å². The van der Waals surface area contributed by atoms with Gasteiger partial charge in [0, 0.05) is 24.1 Å². The van der Waals surface area contributed by atoms with Crippen LogP contribution in [0.5, 0.6) is 0 Å². The number of hydrogen-bond acceptors (Lipinski definition) is 5. The molecule has 0 radical (unpaired) electrons. The fourth-order valence-electron chi connectivity index (χ4n) is 3.17. The Morgan fingerprint density at radius 2 is 1.93 bits per heavy atom. The van der Waals surface area contributed by atoms with Crippen LogP contribution in [0.15, 0.2) is 54.2 Å². The third-order valence-corrected chi connectivity index (χ3v) is 4.72. The molecule has 0 spiro atoms. The molecule has 1 aromatic carbocycles. The monoisotopic (exact) mass is 379 g/mol. The van der Waals surface area contributed by atoms with Crippen LogP contribution in [0, 0.1) is 0 Å². The highest BCUT2D eigenvalue weighted by atomic mass is 16.5. The number of methoxy groups -OCH3 is 1. The van der Waals surface area contributed by atoms with Crippen LogP contribution >= 0.6 is 0 Å². The van der Waals surface area contributed by atoms with E-state index in [0.717, 1.165) is 18.7 Å². The van der Waals surface area contributed by atoms with Crippen LogP contribution < -0.4 is 10.6 Å². The Balaban J connectivity index is 1.55. The highest BCUT2D eigenvalue weighted by Gasteiger charge is 2.10. The fourth-order valence-corrected chi connectivity index (χ4v) is 3.17. The first-order valence-corrected chi connectivity index (χ1v) is 9.53. The summed E-state index contributed by atoms with van der Waals surface area (Å²) < 4.78 is 4.66. The number of pyridine rings is 1. The van der Waals surface area contributed by atoms with Crippen LogP contribution in [0.4, 0.5) is 11.4 Å². The van der Waals surface area contributed by atoms with Gasteiger partial charge in [-0.1, -0.05) is 11.6 Å². The lowest BCUT2D eigenvalue weighted by atomic mass is 9.97. The number of rotatable bonds is 7. The van der Waals surface area contributed by atoms with Crippen molar-refractivity contribution in [2.24, 2.45) is 0 Å². The molecule has 6 heteroatoms. The van der Waals surface area contributed by atoms with Crippen molar-refractivity contribution in [3.63, 3.8) is 0 Å². The second-order valence-corrected chi connectivity index (χ2v) is 6.74. The standard InChI is InChI=1S/C22H25N3O3/c1-28-22(27)17-7-9-18(10-8-17)25-21(26)20-15-19(12-14-24-20)23-13-11-16-5-3-2-4-6-16/h5,7-10,12,14-15H,2-4,6,11,13H2,1H3,(H,23,24)(H,25,26). The smallest absolute Gasteiger partial charge is 0.337 e. The molecule has 146 valence electrons. The Hall–Kier alpha value is -3.15. The summed E-state index contributed by atoms with van der Waals surface area (Å²) in [5.41, 5.74) is 3.73. The Bertz CT molecular complexity index is 860. The maximum Gasteiger partial charge on any atom is 0.337 e. The number of anilines is 2. The van der Waals surface area contributed by atoms with Gasteiger partial charge < -0.3 is 15.4 Å². The topological polar surface area (TPSA) is 80.3 Å². The fraction of sp³-hybridized carbons (Fsp3) is 0.318. The van der Waals surface area contributed by atoms with Gasteiger partial charge in [-0.2, -0.15) is 0 Å². The van der Waals surface area contributed by atoms with Crippen LogP contribution in [-0.2, 0) is 4.74 Å². The Morgan fingerprint density at radius 3 is 2.64 bits per heavy atom. The van der Waals surface area contributed by atoms with Gasteiger partial charge in [-0.3, -0.25) is 9.78 Å². The van der Waals surface area contributed by atoms with Gasteiger partial charge in [-0.25, -0.2) is 4.79 Å². The van der Waals surface area contributed by atoms with Crippen LogP contribution in [0.1, 0.15) is 53.0 Å². The molecule has 0 bridgehead atoms. The van der Waals surface area contributed by atoms with E-state index in [-0.39, 0.29) is 5.91 Å². The van der Waals surface area contributed by atoms with Crippen molar-refractivity contribution in [3.8, 4) is 0 Å². The second-order valence-electron chi connectivity index (χ2n) is 6.74. The third kappa shape index (κ3) is 5.42. The normalized spacial score (nSPS) is 13.4. The maximum absolute atomic E-state index is 12.5. The van der Waals surface area contributed by atoms with E-state index in [1.165, 1.54) is 38.4 Å². The van der Waals surface area contributed by atoms with Gasteiger partial charge in [0.1, 0.15) is 5.69 Å². The number of aromatic nitrogens is 1. The van der Waals surface area contributed by atoms with Crippen LogP contribution in [0.2, 0.25) is 0 Å². The van der Waals surface area contributed by atoms with E-state index in [1.807, 2.05) is 6.07 Å². The summed E-state index contributed by atoms with van der Waals surface area (Å²) in [4.78, 5) is 28.1. The predicted molar refractivity (Wildman–Crippen MR) is 110 cm³/mol. The molecule has 0 atom stereocenters. The number of carbonyl (C=O) groups excluding carboxylic acids is 2. The molecule has 28 heavy (non-hydrogen) atoms. The summed E-state index contributed by atoms with van der Waals surface area (Å²) in [6, 6.07) is 10.1. The third-order valence-electron chi connectivity index (χ3n) is 4.72. The number of esters is 1. The number of benzene rings is 1. The quantitative estimate of drug-likeness (QED) is 0.550. The van der Waals surface area contributed by atoms with E-state index in [2.05, 4.69) is 26.4 Å². The highest BCUT2D eigenvalue weighted by molar-refractivity contribution is 6.03. The second kappa shape index (κ2) is 9.69. The van der Waals surface area contributed by atoms with E-state index in [4.69, 9.17) is 0 Å². The Labute approximate surface area is 165 Å². The van der Waals surface area contributed by atoms with Gasteiger partial charge in [-0.15, -0.1) is 0 Å². The van der Waals surface area contributed by atoms with E-state index in [0.29, 0.717) is 16.9 Å². The Kier molecular flexibility index (Phi) is 6.78. The number of hydrogen-bond donors (Lipinski definition) is 2. The molecule has 0 saturated carbocycles. The first-order chi connectivity index (χ1) is 13.7. The number of nitrogens with one attached hydrogen (secondary N) is 2. The molecule has 1 heterocycles. The molecule has 0 aliphatic heterocycles. The van der Waals surface area contributed by atoms with Crippen molar-refractivity contribution >= 4 is 23.3 Å². The number of amides is 1. The first-order valence-electron chi connectivity index (χ1n) is 9.53. The molecule has 1 amide bonds. The van der Waals surface area contributed by atoms with Crippen molar-refractivity contribution in [2.45, 2.75) is 32.1 Å². The lowest BCUT2D eigenvalue weighted by Gasteiger charge is -2.13. The minimum Gasteiger partial charge on any atom is -0.465 e. The predicted octanol–water partition coefficient (Wildman–Crippen LogP) is 4.42. The van der Waals surface area contributed by atoms with E-state index < -0.39 is 5.97 Å². The summed E-state index contributed by atoms with van der Waals surface area (Å²) in [6.45, 7) is 0.839. The molecule has 0 fully saturated rings. The van der Waals surface area contributed by atoms with Gasteiger partial charge in [0.05, 0.1) is 12.7 Å². The van der Waals surface area contributed by atoms with Crippen molar-refractivity contribution in [3.05, 3.63) is 65.5 Å². The average molecular weight is 379 g/mol. The molecular weight excluding hydrogens is 354 g/mol. The lowest BCUT2D eigenvalue weighted by molar-refractivity contribution is 0.0600. The zero-order valence-electron chi connectivity index (χ0n) is 16.0. The minimum absolute atomic E-state index is 0.301. The molecule has 6 nitrogen and oxygen atoms in total. The highest BCUT2D eigenvalue weighted by Crippen LogP contribution is 2.20. The number of nitrogens with zero attached hydrogens (tertiary/aromatic N) is 1. The first kappa shape index (κ1) is 19.6. The van der Waals surface area contributed by atoms with Gasteiger partial charge in [0.2, 0.25) is 0 Å². The lowest BCUT2D eigenvalue weighted by Crippen LogP contribution is -2.14. The summed E-state index contributed by atoms with van der Waals surface area (Å²) >= 11 is 0. The number of ether oxygens (including phenoxy) is 1. The Morgan fingerprint density at radius 1 is 1.11 bits per heavy atom. The zero-order valence-corrected chi connectivity index (χ0v) is 16.0. The minimum atomic E-state index is -0.415. The maximum atomic E-state index is 12.5. The van der Waals surface area contributed by atoms with Gasteiger partial charge in [-0.05, 0) is 68.5 Å². The average Bonchev–Trinajstić information content (AvgIpc) is 2.74. The van der Waals surface area contributed by atoms with Crippen LogP contribution in [0.25, 0.3) is 0 Å². The van der Waals surface area contributed by atoms with Crippen molar-refractivity contribution in [1.29, 1.82) is 0 Å². The molecule has 1 aliphatic carbocycles. The molecule has 3 rings (SSSR count). The molecule has 1 aromatic heterocycles. The van der Waals surface area contributed by atoms with Crippen LogP contribution in [0.3, 0.4) is 0 Å². The molecule has 0 saturated heterocycles.